The first-order chi connectivity index (χ1) is 9.15. The lowest BCUT2D eigenvalue weighted by Crippen LogP contribution is -2.45. The summed E-state index contributed by atoms with van der Waals surface area (Å²) in [4.78, 5) is 14.4. The fraction of sp³-hybridized carbons (Fsp3) is 0.533. The Morgan fingerprint density at radius 2 is 2.32 bits per heavy atom. The Morgan fingerprint density at radius 1 is 1.47 bits per heavy atom. The number of hydrogen-bond donors (Lipinski definition) is 2. The molecule has 102 valence electrons. The molecule has 19 heavy (non-hydrogen) atoms. The van der Waals surface area contributed by atoms with Gasteiger partial charge in [-0.15, -0.1) is 0 Å². The van der Waals surface area contributed by atoms with Crippen LogP contribution in [0.1, 0.15) is 24.0 Å². The van der Waals surface area contributed by atoms with Gasteiger partial charge in [-0.05, 0) is 37.8 Å². The molecule has 1 saturated heterocycles. The van der Waals surface area contributed by atoms with E-state index in [1.54, 1.807) is 0 Å². The van der Waals surface area contributed by atoms with Crippen molar-refractivity contribution < 1.29 is 9.90 Å². The van der Waals surface area contributed by atoms with Crippen LogP contribution in [-0.4, -0.2) is 36.2 Å². The Bertz CT molecular complexity index is 501. The molecule has 1 aromatic rings. The Morgan fingerprint density at radius 3 is 3.05 bits per heavy atom. The van der Waals surface area contributed by atoms with Gasteiger partial charge in [-0.1, -0.05) is 17.7 Å². The van der Waals surface area contributed by atoms with Crippen LogP contribution in [0, 0.1) is 6.92 Å². The van der Waals surface area contributed by atoms with Crippen molar-refractivity contribution in [1.82, 2.24) is 5.32 Å². The molecule has 0 radical (unpaired) electrons. The molecule has 4 heteroatoms. The minimum Gasteiger partial charge on any atom is -0.392 e. The van der Waals surface area contributed by atoms with Crippen LogP contribution in [0.25, 0.3) is 0 Å². The molecule has 1 amide bonds. The number of carbonyl (C=O) groups is 1. The number of β-amino-alcohol motifs (C(OH)–C–C–N with tert-alkyl or cyclic N) is 1. The second-order valence-electron chi connectivity index (χ2n) is 5.58. The molecule has 2 heterocycles. The minimum atomic E-state index is -0.392. The Labute approximate surface area is 113 Å². The highest BCUT2D eigenvalue weighted by molar-refractivity contribution is 5.98. The van der Waals surface area contributed by atoms with Crippen LogP contribution in [0.4, 0.5) is 5.69 Å². The van der Waals surface area contributed by atoms with Gasteiger partial charge in [-0.25, -0.2) is 0 Å². The Balaban J connectivity index is 1.85. The van der Waals surface area contributed by atoms with E-state index in [2.05, 4.69) is 24.4 Å². The van der Waals surface area contributed by atoms with Gasteiger partial charge in [0, 0.05) is 18.8 Å². The molecule has 0 bridgehead atoms. The van der Waals surface area contributed by atoms with Crippen molar-refractivity contribution in [3.8, 4) is 0 Å². The summed E-state index contributed by atoms with van der Waals surface area (Å²) in [5, 5.41) is 12.6. The first-order valence-corrected chi connectivity index (χ1v) is 6.97. The predicted molar refractivity (Wildman–Crippen MR) is 74.3 cm³/mol. The van der Waals surface area contributed by atoms with Crippen LogP contribution in [0.15, 0.2) is 18.2 Å². The van der Waals surface area contributed by atoms with Crippen LogP contribution < -0.4 is 10.2 Å². The number of fused-ring (bicyclic) bond motifs is 1. The van der Waals surface area contributed by atoms with Gasteiger partial charge >= 0.3 is 0 Å². The van der Waals surface area contributed by atoms with Crippen molar-refractivity contribution >= 4 is 11.6 Å². The number of hydrogen-bond acceptors (Lipinski definition) is 3. The summed E-state index contributed by atoms with van der Waals surface area (Å²) in [6.45, 7) is 3.38. The summed E-state index contributed by atoms with van der Waals surface area (Å²) in [5.74, 6) is 0.0985. The van der Waals surface area contributed by atoms with E-state index in [-0.39, 0.29) is 11.9 Å². The molecule has 0 aliphatic carbocycles. The molecule has 2 N–H and O–H groups in total. The molecule has 2 aliphatic heterocycles. The van der Waals surface area contributed by atoms with E-state index in [0.29, 0.717) is 13.0 Å². The average Bonchev–Trinajstić information content (AvgIpc) is 2.83. The highest BCUT2D eigenvalue weighted by Gasteiger charge is 2.33. The molecule has 3 rings (SSSR count). The predicted octanol–water partition coefficient (Wildman–Crippen LogP) is 0.997. The summed E-state index contributed by atoms with van der Waals surface area (Å²) in [6.07, 6.45) is 2.19. The Hall–Kier alpha value is -1.39. The van der Waals surface area contributed by atoms with E-state index in [4.69, 9.17) is 0 Å². The third-order valence-corrected chi connectivity index (χ3v) is 4.03. The van der Waals surface area contributed by atoms with E-state index in [0.717, 1.165) is 25.1 Å². The second-order valence-corrected chi connectivity index (χ2v) is 5.58. The number of nitrogens with one attached hydrogen (secondary N) is 1. The summed E-state index contributed by atoms with van der Waals surface area (Å²) in [6, 6.07) is 6.04. The number of aliphatic hydroxyl groups is 1. The molecule has 2 atom stereocenters. The standard InChI is InChI=1S/C15H20N2O2/c1-10-4-5-14-11(7-10)3-2-6-17(14)15(19)13-8-12(18)9-16-13/h4-5,7,12-13,16,18H,2-3,6,8-9H2,1H3. The quantitative estimate of drug-likeness (QED) is 0.792. The largest absolute Gasteiger partial charge is 0.392 e. The number of aliphatic hydroxyl groups excluding tert-OH is 1. The number of benzene rings is 1. The third-order valence-electron chi connectivity index (χ3n) is 4.03. The maximum Gasteiger partial charge on any atom is 0.244 e. The van der Waals surface area contributed by atoms with Crippen LogP contribution in [0.2, 0.25) is 0 Å². The zero-order valence-corrected chi connectivity index (χ0v) is 11.2. The van der Waals surface area contributed by atoms with Crippen LogP contribution in [0.3, 0.4) is 0 Å². The van der Waals surface area contributed by atoms with Gasteiger partial charge in [-0.3, -0.25) is 4.79 Å². The highest BCUT2D eigenvalue weighted by Crippen LogP contribution is 2.29. The smallest absolute Gasteiger partial charge is 0.244 e. The summed E-state index contributed by atoms with van der Waals surface area (Å²) >= 11 is 0. The van der Waals surface area contributed by atoms with Crippen molar-refractivity contribution in [2.75, 3.05) is 18.0 Å². The first kappa shape index (κ1) is 12.6. The van der Waals surface area contributed by atoms with Gasteiger partial charge in [0.05, 0.1) is 12.1 Å². The van der Waals surface area contributed by atoms with Gasteiger partial charge < -0.3 is 15.3 Å². The normalized spacial score (nSPS) is 26.3. The van der Waals surface area contributed by atoms with E-state index in [1.807, 2.05) is 11.0 Å². The molecule has 1 fully saturated rings. The number of amides is 1. The molecule has 0 spiro atoms. The van der Waals surface area contributed by atoms with Gasteiger partial charge in [0.15, 0.2) is 0 Å². The lowest BCUT2D eigenvalue weighted by atomic mass is 9.98. The summed E-state index contributed by atoms with van der Waals surface area (Å²) < 4.78 is 0. The van der Waals surface area contributed by atoms with Gasteiger partial charge in [0.1, 0.15) is 0 Å². The zero-order valence-electron chi connectivity index (χ0n) is 11.2. The van der Waals surface area contributed by atoms with Crippen molar-refractivity contribution in [3.63, 3.8) is 0 Å². The van der Waals surface area contributed by atoms with E-state index >= 15 is 0 Å². The second kappa shape index (κ2) is 4.94. The SMILES string of the molecule is Cc1ccc2c(c1)CCCN2C(=O)C1CC(O)CN1. The number of nitrogens with zero attached hydrogens (tertiary/aromatic N) is 1. The summed E-state index contributed by atoms with van der Waals surface area (Å²) in [5.41, 5.74) is 3.55. The van der Waals surface area contributed by atoms with E-state index in [1.165, 1.54) is 11.1 Å². The highest BCUT2D eigenvalue weighted by atomic mass is 16.3. The third kappa shape index (κ3) is 2.38. The monoisotopic (exact) mass is 260 g/mol. The zero-order chi connectivity index (χ0) is 13.4. The van der Waals surface area contributed by atoms with Gasteiger partial charge in [-0.2, -0.15) is 0 Å². The van der Waals surface area contributed by atoms with Crippen LogP contribution in [-0.2, 0) is 11.2 Å². The number of carbonyl (C=O) groups excluding carboxylic acids is 1. The summed E-state index contributed by atoms with van der Waals surface area (Å²) in [7, 11) is 0. The number of aryl methyl sites for hydroxylation is 2. The topological polar surface area (TPSA) is 52.6 Å². The fourth-order valence-corrected chi connectivity index (χ4v) is 3.05. The van der Waals surface area contributed by atoms with Crippen LogP contribution in [0.5, 0.6) is 0 Å². The lowest BCUT2D eigenvalue weighted by Gasteiger charge is -2.31. The molecule has 0 saturated carbocycles. The molecule has 2 unspecified atom stereocenters. The van der Waals surface area contributed by atoms with Crippen molar-refractivity contribution in [1.29, 1.82) is 0 Å². The van der Waals surface area contributed by atoms with Crippen LogP contribution >= 0.6 is 0 Å². The lowest BCUT2D eigenvalue weighted by molar-refractivity contribution is -0.120. The molecule has 0 aromatic heterocycles. The fourth-order valence-electron chi connectivity index (χ4n) is 3.05. The first-order valence-electron chi connectivity index (χ1n) is 6.97. The van der Waals surface area contributed by atoms with Crippen molar-refractivity contribution in [2.45, 2.75) is 38.3 Å². The van der Waals surface area contributed by atoms with E-state index in [9.17, 15) is 9.90 Å². The van der Waals surface area contributed by atoms with Gasteiger partial charge in [0.25, 0.3) is 0 Å². The van der Waals surface area contributed by atoms with Crippen molar-refractivity contribution in [2.24, 2.45) is 0 Å². The Kier molecular flexibility index (Phi) is 3.29. The van der Waals surface area contributed by atoms with E-state index < -0.39 is 6.10 Å². The molecule has 2 aliphatic rings. The molecular formula is C15H20N2O2. The average molecular weight is 260 g/mol. The van der Waals surface area contributed by atoms with Crippen molar-refractivity contribution in [3.05, 3.63) is 29.3 Å². The molecule has 1 aromatic carbocycles. The molecular weight excluding hydrogens is 240 g/mol. The van der Waals surface area contributed by atoms with Gasteiger partial charge in [0.2, 0.25) is 5.91 Å². The minimum absolute atomic E-state index is 0.0985. The number of rotatable bonds is 1. The molecule has 4 nitrogen and oxygen atoms in total. The maximum absolute atomic E-state index is 12.5. The maximum atomic E-state index is 12.5. The number of anilines is 1.